The number of Topliss-reactive ketones (excluding diaryl/α,β-unsaturated/α-hetero) is 1. The van der Waals surface area contributed by atoms with Crippen LogP contribution in [0.15, 0.2) is 103 Å². The summed E-state index contributed by atoms with van der Waals surface area (Å²) in [6.07, 6.45) is 5.15. The van der Waals surface area contributed by atoms with E-state index in [0.29, 0.717) is 16.2 Å². The predicted molar refractivity (Wildman–Crippen MR) is 118 cm³/mol. The molecule has 2 nitrogen and oxygen atoms in total. The normalized spacial score (nSPS) is 17.3. The van der Waals surface area contributed by atoms with Gasteiger partial charge in [-0.3, -0.25) is 4.79 Å². The minimum Gasteiger partial charge on any atom is -0.333 e. The van der Waals surface area contributed by atoms with Crippen LogP contribution in [0.2, 0.25) is 5.02 Å². The fraction of sp³-hybridized carbons (Fsp3) is 0.0385. The summed E-state index contributed by atoms with van der Waals surface area (Å²) in [5.74, 6) is -0.674. The van der Waals surface area contributed by atoms with Crippen molar-refractivity contribution in [2.45, 2.75) is 6.04 Å². The lowest BCUT2D eigenvalue weighted by molar-refractivity contribution is 0.0996. The van der Waals surface area contributed by atoms with Gasteiger partial charge in [0.25, 0.3) is 0 Å². The molecule has 0 saturated carbocycles. The standard InChI is InChI=1S/C26H17ClFNO/c27-20-11-6-10-19(15-20)26(30)23-16-22(28)24(18-8-2-1-3-9-18)25-21-12-5-4-7-17(21)13-14-29(23)25/h1-16,25H. The van der Waals surface area contributed by atoms with Gasteiger partial charge in [0.1, 0.15) is 5.83 Å². The molecule has 30 heavy (non-hydrogen) atoms. The molecule has 0 amide bonds. The van der Waals surface area contributed by atoms with Crippen LogP contribution >= 0.6 is 11.6 Å². The molecule has 0 saturated heterocycles. The Bertz CT molecular complexity index is 1240. The third-order valence-electron chi connectivity index (χ3n) is 5.46. The van der Waals surface area contributed by atoms with Crippen molar-refractivity contribution in [3.05, 3.63) is 130 Å². The molecule has 1 atom stereocenters. The molecule has 0 aromatic heterocycles. The van der Waals surface area contributed by atoms with E-state index in [2.05, 4.69) is 0 Å². The highest BCUT2D eigenvalue weighted by molar-refractivity contribution is 6.31. The highest BCUT2D eigenvalue weighted by atomic mass is 35.5. The lowest BCUT2D eigenvalue weighted by Gasteiger charge is -2.40. The van der Waals surface area contributed by atoms with Crippen LogP contribution in [0.4, 0.5) is 4.39 Å². The highest BCUT2D eigenvalue weighted by Gasteiger charge is 2.37. The first-order valence-corrected chi connectivity index (χ1v) is 10.0. The first-order valence-electron chi connectivity index (χ1n) is 9.66. The number of ketones is 1. The van der Waals surface area contributed by atoms with Crippen LogP contribution in [-0.2, 0) is 0 Å². The largest absolute Gasteiger partial charge is 0.333 e. The van der Waals surface area contributed by atoms with Crippen LogP contribution in [0.5, 0.6) is 0 Å². The number of allylic oxidation sites excluding steroid dienone is 3. The van der Waals surface area contributed by atoms with Crippen molar-refractivity contribution in [3.63, 3.8) is 0 Å². The van der Waals surface area contributed by atoms with Gasteiger partial charge in [0.05, 0.1) is 11.7 Å². The Kier molecular flexibility index (Phi) is 4.61. The van der Waals surface area contributed by atoms with Gasteiger partial charge < -0.3 is 4.90 Å². The monoisotopic (exact) mass is 413 g/mol. The van der Waals surface area contributed by atoms with Gasteiger partial charge in [0.15, 0.2) is 0 Å². The Morgan fingerprint density at radius 3 is 2.50 bits per heavy atom. The molecule has 3 aromatic carbocycles. The molecular formula is C26H17ClFNO. The molecule has 3 aromatic rings. The SMILES string of the molecule is O=C(C1=CC(F)=C(c2ccccc2)C2c3ccccc3C=CN12)c1cccc(Cl)c1. The van der Waals surface area contributed by atoms with Gasteiger partial charge in [0.2, 0.25) is 5.78 Å². The second-order valence-electron chi connectivity index (χ2n) is 7.25. The maximum absolute atomic E-state index is 15.6. The summed E-state index contributed by atoms with van der Waals surface area (Å²) < 4.78 is 15.6. The van der Waals surface area contributed by atoms with E-state index < -0.39 is 11.9 Å². The molecule has 2 heterocycles. The Hall–Kier alpha value is -3.43. The van der Waals surface area contributed by atoms with E-state index >= 15 is 4.39 Å². The molecule has 5 rings (SSSR count). The summed E-state index contributed by atoms with van der Waals surface area (Å²) in [5, 5.41) is 0.467. The number of carbonyl (C=O) groups excluding carboxylic acids is 1. The summed E-state index contributed by atoms with van der Waals surface area (Å²) in [5.41, 5.74) is 4.02. The lowest BCUT2D eigenvalue weighted by atomic mass is 9.83. The van der Waals surface area contributed by atoms with Gasteiger partial charge >= 0.3 is 0 Å². The van der Waals surface area contributed by atoms with Crippen molar-refractivity contribution in [1.82, 2.24) is 4.90 Å². The van der Waals surface area contributed by atoms with E-state index in [0.717, 1.165) is 16.7 Å². The molecule has 1 unspecified atom stereocenters. The van der Waals surface area contributed by atoms with Crippen molar-refractivity contribution in [2.24, 2.45) is 0 Å². The number of hydrogen-bond donors (Lipinski definition) is 0. The summed E-state index contributed by atoms with van der Waals surface area (Å²) in [6, 6.07) is 23.7. The molecule has 0 spiro atoms. The average molecular weight is 414 g/mol. The fourth-order valence-electron chi connectivity index (χ4n) is 4.10. The van der Waals surface area contributed by atoms with Gasteiger partial charge in [-0.05, 0) is 34.9 Å². The van der Waals surface area contributed by atoms with Crippen molar-refractivity contribution < 1.29 is 9.18 Å². The minimum absolute atomic E-state index is 0.270. The first kappa shape index (κ1) is 18.6. The third-order valence-corrected chi connectivity index (χ3v) is 5.70. The van der Waals surface area contributed by atoms with Gasteiger partial charge in [-0.2, -0.15) is 0 Å². The Labute approximate surface area is 179 Å². The summed E-state index contributed by atoms with van der Waals surface area (Å²) >= 11 is 6.08. The average Bonchev–Trinajstić information content (AvgIpc) is 2.78. The number of benzene rings is 3. The van der Waals surface area contributed by atoms with Crippen LogP contribution in [0.25, 0.3) is 11.6 Å². The highest BCUT2D eigenvalue weighted by Crippen LogP contribution is 2.47. The fourth-order valence-corrected chi connectivity index (χ4v) is 4.29. The molecule has 0 radical (unpaired) electrons. The van der Waals surface area contributed by atoms with E-state index in [4.69, 9.17) is 11.6 Å². The lowest BCUT2D eigenvalue weighted by Crippen LogP contribution is -2.33. The van der Waals surface area contributed by atoms with E-state index in [1.807, 2.05) is 71.8 Å². The molecule has 2 aliphatic heterocycles. The molecule has 146 valence electrons. The number of halogens is 2. The van der Waals surface area contributed by atoms with E-state index in [-0.39, 0.29) is 11.5 Å². The number of hydrogen-bond acceptors (Lipinski definition) is 2. The van der Waals surface area contributed by atoms with Gasteiger partial charge in [0, 0.05) is 28.4 Å². The zero-order chi connectivity index (χ0) is 20.7. The predicted octanol–water partition coefficient (Wildman–Crippen LogP) is 6.83. The van der Waals surface area contributed by atoms with Gasteiger partial charge in [-0.25, -0.2) is 4.39 Å². The molecule has 2 aliphatic rings. The molecule has 0 N–H and O–H groups in total. The Balaban J connectivity index is 1.71. The second-order valence-corrected chi connectivity index (χ2v) is 7.69. The van der Waals surface area contributed by atoms with Crippen LogP contribution in [-0.4, -0.2) is 10.7 Å². The maximum Gasteiger partial charge on any atom is 0.209 e. The van der Waals surface area contributed by atoms with Crippen molar-refractivity contribution in [2.75, 3.05) is 0 Å². The Morgan fingerprint density at radius 1 is 0.933 bits per heavy atom. The Morgan fingerprint density at radius 2 is 1.70 bits per heavy atom. The summed E-state index contributed by atoms with van der Waals surface area (Å²) in [6.45, 7) is 0. The van der Waals surface area contributed by atoms with Crippen LogP contribution < -0.4 is 0 Å². The number of fused-ring (bicyclic) bond motifs is 3. The maximum atomic E-state index is 15.6. The number of nitrogens with zero attached hydrogens (tertiary/aromatic N) is 1. The first-order chi connectivity index (χ1) is 14.6. The number of rotatable bonds is 3. The van der Waals surface area contributed by atoms with Crippen molar-refractivity contribution >= 4 is 29.0 Å². The summed E-state index contributed by atoms with van der Waals surface area (Å²) in [4.78, 5) is 15.2. The van der Waals surface area contributed by atoms with Crippen LogP contribution in [0, 0.1) is 0 Å². The second kappa shape index (κ2) is 7.43. The molecular weight excluding hydrogens is 397 g/mol. The zero-order valence-electron chi connectivity index (χ0n) is 15.9. The van der Waals surface area contributed by atoms with Gasteiger partial charge in [-0.15, -0.1) is 0 Å². The molecule has 0 fully saturated rings. The molecule has 0 bridgehead atoms. The molecule has 4 heteroatoms. The summed E-state index contributed by atoms with van der Waals surface area (Å²) in [7, 11) is 0. The van der Waals surface area contributed by atoms with Crippen LogP contribution in [0.3, 0.4) is 0 Å². The zero-order valence-corrected chi connectivity index (χ0v) is 16.7. The number of carbonyl (C=O) groups is 1. The van der Waals surface area contributed by atoms with Gasteiger partial charge in [-0.1, -0.05) is 78.3 Å². The van der Waals surface area contributed by atoms with Crippen LogP contribution in [0.1, 0.15) is 33.1 Å². The van der Waals surface area contributed by atoms with E-state index in [9.17, 15) is 4.79 Å². The third kappa shape index (κ3) is 3.08. The quantitative estimate of drug-likeness (QED) is 0.438. The topological polar surface area (TPSA) is 20.3 Å². The van der Waals surface area contributed by atoms with E-state index in [1.165, 1.54) is 6.08 Å². The van der Waals surface area contributed by atoms with Crippen molar-refractivity contribution in [1.29, 1.82) is 0 Å². The minimum atomic E-state index is -0.434. The van der Waals surface area contributed by atoms with Crippen molar-refractivity contribution in [3.8, 4) is 0 Å². The van der Waals surface area contributed by atoms with E-state index in [1.54, 1.807) is 24.3 Å². The molecule has 0 aliphatic carbocycles. The smallest absolute Gasteiger partial charge is 0.209 e.